The van der Waals surface area contributed by atoms with Crippen LogP contribution in [0.4, 0.5) is 0 Å². The maximum absolute atomic E-state index is 11.2. The summed E-state index contributed by atoms with van der Waals surface area (Å²) in [5, 5.41) is 9.33. The molecule has 0 spiro atoms. The largest absolute Gasteiger partial charge is 0.468 e. The Morgan fingerprint density at radius 3 is 2.92 bits per heavy atom. The standard InChI is InChI=1S/C9H14O3/c1-9(8(11)12-2)5-3-4-7(10)6-9/h3,5,7,10H,4,6H2,1-2H3. The quantitative estimate of drug-likeness (QED) is 0.469. The van der Waals surface area contributed by atoms with Crippen molar-refractivity contribution in [1.82, 2.24) is 0 Å². The number of esters is 1. The Bertz CT molecular complexity index is 210. The highest BCUT2D eigenvalue weighted by molar-refractivity contribution is 5.78. The van der Waals surface area contributed by atoms with E-state index in [9.17, 15) is 9.90 Å². The van der Waals surface area contributed by atoms with Gasteiger partial charge in [0.25, 0.3) is 0 Å². The number of aliphatic hydroxyl groups is 1. The van der Waals surface area contributed by atoms with Gasteiger partial charge in [-0.2, -0.15) is 0 Å². The summed E-state index contributed by atoms with van der Waals surface area (Å²) in [6.45, 7) is 1.78. The third-order valence-electron chi connectivity index (χ3n) is 2.21. The van der Waals surface area contributed by atoms with Gasteiger partial charge in [-0.15, -0.1) is 0 Å². The van der Waals surface area contributed by atoms with Gasteiger partial charge in [0, 0.05) is 0 Å². The van der Waals surface area contributed by atoms with Crippen molar-refractivity contribution in [2.75, 3.05) is 7.11 Å². The summed E-state index contributed by atoms with van der Waals surface area (Å²) in [6, 6.07) is 0. The first-order valence-corrected chi connectivity index (χ1v) is 4.03. The van der Waals surface area contributed by atoms with Crippen LogP contribution in [0.2, 0.25) is 0 Å². The van der Waals surface area contributed by atoms with E-state index < -0.39 is 11.5 Å². The molecule has 0 amide bonds. The molecule has 0 aromatic carbocycles. The van der Waals surface area contributed by atoms with Crippen LogP contribution < -0.4 is 0 Å². The molecule has 0 aromatic heterocycles. The third kappa shape index (κ3) is 1.67. The molecule has 0 saturated carbocycles. The molecule has 0 aliphatic heterocycles. The van der Waals surface area contributed by atoms with Gasteiger partial charge >= 0.3 is 5.97 Å². The fourth-order valence-corrected chi connectivity index (χ4v) is 1.51. The molecule has 1 rings (SSSR count). The van der Waals surface area contributed by atoms with Gasteiger partial charge in [0.1, 0.15) is 0 Å². The fourth-order valence-electron chi connectivity index (χ4n) is 1.51. The summed E-state index contributed by atoms with van der Waals surface area (Å²) in [5.74, 6) is -0.280. The number of carbonyl (C=O) groups excluding carboxylic acids is 1. The molecule has 0 heterocycles. The van der Waals surface area contributed by atoms with Crippen LogP contribution in [0.1, 0.15) is 19.8 Å². The number of rotatable bonds is 1. The van der Waals surface area contributed by atoms with E-state index in [1.807, 2.05) is 12.2 Å². The minimum Gasteiger partial charge on any atom is -0.468 e. The van der Waals surface area contributed by atoms with Crippen LogP contribution in [0.25, 0.3) is 0 Å². The molecule has 68 valence electrons. The van der Waals surface area contributed by atoms with Gasteiger partial charge in [0.15, 0.2) is 0 Å². The molecule has 3 nitrogen and oxygen atoms in total. The van der Waals surface area contributed by atoms with Crippen molar-refractivity contribution >= 4 is 5.97 Å². The van der Waals surface area contributed by atoms with E-state index in [2.05, 4.69) is 4.74 Å². The van der Waals surface area contributed by atoms with Gasteiger partial charge in [0.2, 0.25) is 0 Å². The molecule has 1 aliphatic rings. The highest BCUT2D eigenvalue weighted by Crippen LogP contribution is 2.31. The highest BCUT2D eigenvalue weighted by Gasteiger charge is 2.35. The van der Waals surface area contributed by atoms with Gasteiger partial charge in [-0.1, -0.05) is 12.2 Å². The van der Waals surface area contributed by atoms with Gasteiger partial charge in [-0.25, -0.2) is 0 Å². The molecule has 0 aromatic rings. The minimum atomic E-state index is -0.633. The second-order valence-electron chi connectivity index (χ2n) is 3.41. The predicted molar refractivity (Wildman–Crippen MR) is 44.5 cm³/mol. The monoisotopic (exact) mass is 170 g/mol. The minimum absolute atomic E-state index is 0.280. The van der Waals surface area contributed by atoms with E-state index in [1.54, 1.807) is 6.92 Å². The average Bonchev–Trinajstić information content (AvgIpc) is 2.02. The highest BCUT2D eigenvalue weighted by atomic mass is 16.5. The van der Waals surface area contributed by atoms with Gasteiger partial charge in [-0.3, -0.25) is 4.79 Å². The summed E-state index contributed by atoms with van der Waals surface area (Å²) < 4.78 is 4.64. The van der Waals surface area contributed by atoms with E-state index in [0.29, 0.717) is 12.8 Å². The normalized spacial score (nSPS) is 34.8. The lowest BCUT2D eigenvalue weighted by atomic mass is 9.79. The summed E-state index contributed by atoms with van der Waals surface area (Å²) in [6.07, 6.45) is 4.30. The zero-order valence-electron chi connectivity index (χ0n) is 7.41. The number of carbonyl (C=O) groups is 1. The van der Waals surface area contributed by atoms with Crippen molar-refractivity contribution in [3.8, 4) is 0 Å². The first kappa shape index (κ1) is 9.26. The average molecular weight is 170 g/mol. The molecule has 0 saturated heterocycles. The first-order valence-electron chi connectivity index (χ1n) is 4.03. The SMILES string of the molecule is COC(=O)C1(C)C=CCC(O)C1. The van der Waals surface area contributed by atoms with Crippen molar-refractivity contribution in [2.24, 2.45) is 5.41 Å². The summed E-state index contributed by atoms with van der Waals surface area (Å²) >= 11 is 0. The Morgan fingerprint density at radius 1 is 1.75 bits per heavy atom. The number of hydrogen-bond donors (Lipinski definition) is 1. The predicted octanol–water partition coefficient (Wildman–Crippen LogP) is 0.877. The van der Waals surface area contributed by atoms with Crippen molar-refractivity contribution in [2.45, 2.75) is 25.9 Å². The lowest BCUT2D eigenvalue weighted by Crippen LogP contribution is -2.33. The maximum atomic E-state index is 11.2. The molecule has 3 heteroatoms. The Hall–Kier alpha value is -0.830. The van der Waals surface area contributed by atoms with Gasteiger partial charge in [0.05, 0.1) is 18.6 Å². The second kappa shape index (κ2) is 3.27. The lowest BCUT2D eigenvalue weighted by Gasteiger charge is -2.28. The van der Waals surface area contributed by atoms with Crippen molar-refractivity contribution in [3.63, 3.8) is 0 Å². The summed E-state index contributed by atoms with van der Waals surface area (Å²) in [4.78, 5) is 11.2. The van der Waals surface area contributed by atoms with Crippen LogP contribution in [0.5, 0.6) is 0 Å². The molecule has 2 atom stereocenters. The zero-order valence-corrected chi connectivity index (χ0v) is 7.41. The molecule has 1 aliphatic carbocycles. The number of aliphatic hydroxyl groups excluding tert-OH is 1. The molecule has 0 bridgehead atoms. The number of hydrogen-bond acceptors (Lipinski definition) is 3. The molecular formula is C9H14O3. The zero-order chi connectivity index (χ0) is 9.19. The van der Waals surface area contributed by atoms with Crippen molar-refractivity contribution in [1.29, 1.82) is 0 Å². The molecule has 0 fully saturated rings. The van der Waals surface area contributed by atoms with E-state index in [4.69, 9.17) is 0 Å². The van der Waals surface area contributed by atoms with E-state index >= 15 is 0 Å². The summed E-state index contributed by atoms with van der Waals surface area (Å²) in [5.41, 5.74) is -0.633. The summed E-state index contributed by atoms with van der Waals surface area (Å²) in [7, 11) is 1.36. The van der Waals surface area contributed by atoms with Crippen molar-refractivity contribution < 1.29 is 14.6 Å². The van der Waals surface area contributed by atoms with Crippen molar-refractivity contribution in [3.05, 3.63) is 12.2 Å². The Morgan fingerprint density at radius 2 is 2.42 bits per heavy atom. The van der Waals surface area contributed by atoms with E-state index in [1.165, 1.54) is 7.11 Å². The van der Waals surface area contributed by atoms with Crippen LogP contribution in [-0.2, 0) is 9.53 Å². The Labute approximate surface area is 72.0 Å². The maximum Gasteiger partial charge on any atom is 0.315 e. The number of ether oxygens (including phenoxy) is 1. The molecular weight excluding hydrogens is 156 g/mol. The molecule has 1 N–H and O–H groups in total. The fraction of sp³-hybridized carbons (Fsp3) is 0.667. The van der Waals surface area contributed by atoms with Crippen LogP contribution in [-0.4, -0.2) is 24.3 Å². The van der Waals surface area contributed by atoms with Crippen LogP contribution in [0.3, 0.4) is 0 Å². The van der Waals surface area contributed by atoms with Gasteiger partial charge < -0.3 is 9.84 Å². The number of methoxy groups -OCH3 is 1. The smallest absolute Gasteiger partial charge is 0.315 e. The van der Waals surface area contributed by atoms with E-state index in [-0.39, 0.29) is 5.97 Å². The van der Waals surface area contributed by atoms with Crippen LogP contribution in [0.15, 0.2) is 12.2 Å². The van der Waals surface area contributed by atoms with Gasteiger partial charge in [-0.05, 0) is 19.8 Å². The first-order chi connectivity index (χ1) is 5.58. The topological polar surface area (TPSA) is 46.5 Å². The van der Waals surface area contributed by atoms with E-state index in [0.717, 1.165) is 0 Å². The van der Waals surface area contributed by atoms with Crippen LogP contribution in [0, 0.1) is 5.41 Å². The third-order valence-corrected chi connectivity index (χ3v) is 2.21. The lowest BCUT2D eigenvalue weighted by molar-refractivity contribution is -0.150. The Balaban J connectivity index is 2.76. The second-order valence-corrected chi connectivity index (χ2v) is 3.41. The molecule has 2 unspecified atom stereocenters. The Kier molecular flexibility index (Phi) is 2.52. The molecule has 0 radical (unpaired) electrons. The van der Waals surface area contributed by atoms with Crippen LogP contribution >= 0.6 is 0 Å². The molecule has 12 heavy (non-hydrogen) atoms.